The molecule has 0 saturated carbocycles. The molecule has 0 aliphatic heterocycles. The van der Waals surface area contributed by atoms with Crippen LogP contribution >= 0.6 is 11.6 Å². The van der Waals surface area contributed by atoms with Crippen LogP contribution in [0.25, 0.3) is 11.8 Å². The predicted molar refractivity (Wildman–Crippen MR) is 163 cm³/mol. The number of H-pyrrole nitrogens is 1. The van der Waals surface area contributed by atoms with Gasteiger partial charge in [0, 0.05) is 41.0 Å². The molecule has 15 heteroatoms. The van der Waals surface area contributed by atoms with Crippen LogP contribution in [-0.4, -0.2) is 72.0 Å². The van der Waals surface area contributed by atoms with Crippen molar-refractivity contribution in [3.05, 3.63) is 107 Å². The van der Waals surface area contributed by atoms with Crippen molar-refractivity contribution in [2.24, 2.45) is 0 Å². The number of amides is 2. The Labute approximate surface area is 256 Å². The van der Waals surface area contributed by atoms with Crippen molar-refractivity contribution in [3.8, 4) is 5.69 Å². The number of carbonyl (C=O) groups excluding carboxylic acids is 2. The first kappa shape index (κ1) is 29.8. The Kier molecular flexibility index (Phi) is 10.2. The van der Waals surface area contributed by atoms with Crippen LogP contribution in [-0.2, 0) is 22.4 Å². The fourth-order valence-electron chi connectivity index (χ4n) is 4.22. The molecule has 5 aromatic rings. The van der Waals surface area contributed by atoms with Crippen molar-refractivity contribution < 1.29 is 14.3 Å². The first-order valence-electron chi connectivity index (χ1n) is 13.6. The highest BCUT2D eigenvalue weighted by Gasteiger charge is 2.13. The third-order valence-electron chi connectivity index (χ3n) is 6.32. The van der Waals surface area contributed by atoms with E-state index in [1.165, 1.54) is 17.1 Å². The van der Waals surface area contributed by atoms with Crippen LogP contribution in [0.3, 0.4) is 0 Å². The summed E-state index contributed by atoms with van der Waals surface area (Å²) in [5.74, 6) is 0.259. The Morgan fingerprint density at radius 3 is 2.59 bits per heavy atom. The van der Waals surface area contributed by atoms with Crippen LogP contribution in [0.2, 0.25) is 5.02 Å². The maximum Gasteiger partial charge on any atom is 0.411 e. The maximum atomic E-state index is 13.0. The molecule has 2 amide bonds. The number of tetrazole rings is 2. The fourth-order valence-corrected chi connectivity index (χ4v) is 4.40. The van der Waals surface area contributed by atoms with Gasteiger partial charge in [-0.05, 0) is 81.4 Å². The highest BCUT2D eigenvalue weighted by atomic mass is 35.5. The average Bonchev–Trinajstić information content (AvgIpc) is 3.76. The summed E-state index contributed by atoms with van der Waals surface area (Å²) in [4.78, 5) is 25.1. The maximum absolute atomic E-state index is 13.0. The van der Waals surface area contributed by atoms with Gasteiger partial charge in [-0.2, -0.15) is 4.68 Å². The van der Waals surface area contributed by atoms with Crippen molar-refractivity contribution >= 4 is 41.1 Å². The minimum absolute atomic E-state index is 0.131. The Hall–Kier alpha value is -5.63. The number of halogens is 1. The first-order valence-corrected chi connectivity index (χ1v) is 14.0. The molecule has 0 saturated heterocycles. The summed E-state index contributed by atoms with van der Waals surface area (Å²) in [6, 6.07) is 22.1. The van der Waals surface area contributed by atoms with Crippen molar-refractivity contribution in [2.75, 3.05) is 23.8 Å². The number of rotatable bonds is 13. The predicted octanol–water partition coefficient (Wildman–Crippen LogP) is 3.47. The molecule has 0 bridgehead atoms. The molecular formula is C29H28ClN11O3. The number of nitrogens with one attached hydrogen (secondary N) is 4. The third-order valence-corrected chi connectivity index (χ3v) is 6.55. The molecule has 0 radical (unpaired) electrons. The summed E-state index contributed by atoms with van der Waals surface area (Å²) in [6.45, 7) is 0.582. The SMILES string of the molecule is O=C(C=Cc1cc(Cl)ccc1-n1cnnn1)NC(CNc1ccc(NC(=O)OCCc2nnn[nH]2)cc1)Cc1ccccc1. The van der Waals surface area contributed by atoms with Crippen LogP contribution in [0.5, 0.6) is 0 Å². The number of aromatic nitrogens is 8. The minimum atomic E-state index is -0.584. The summed E-state index contributed by atoms with van der Waals surface area (Å²) in [5.41, 5.74) is 3.83. The summed E-state index contributed by atoms with van der Waals surface area (Å²) in [7, 11) is 0. The molecule has 4 N–H and O–H groups in total. The number of anilines is 2. The first-order chi connectivity index (χ1) is 21.5. The van der Waals surface area contributed by atoms with Crippen molar-refractivity contribution in [3.63, 3.8) is 0 Å². The van der Waals surface area contributed by atoms with Crippen molar-refractivity contribution in [2.45, 2.75) is 18.9 Å². The third kappa shape index (κ3) is 8.93. The molecule has 1 atom stereocenters. The Morgan fingerprint density at radius 1 is 1.02 bits per heavy atom. The van der Waals surface area contributed by atoms with Gasteiger partial charge in [0.1, 0.15) is 12.9 Å². The number of hydrogen-bond donors (Lipinski definition) is 4. The smallest absolute Gasteiger partial charge is 0.411 e. The monoisotopic (exact) mass is 613 g/mol. The highest BCUT2D eigenvalue weighted by molar-refractivity contribution is 6.30. The van der Waals surface area contributed by atoms with Gasteiger partial charge >= 0.3 is 6.09 Å². The molecule has 3 aromatic carbocycles. The lowest BCUT2D eigenvalue weighted by Gasteiger charge is -2.20. The van der Waals surface area contributed by atoms with Gasteiger partial charge in [-0.1, -0.05) is 41.9 Å². The molecule has 2 aromatic heterocycles. The Morgan fingerprint density at radius 2 is 1.84 bits per heavy atom. The van der Waals surface area contributed by atoms with Gasteiger partial charge in [0.2, 0.25) is 5.91 Å². The summed E-state index contributed by atoms with van der Waals surface area (Å²) in [6.07, 6.45) is 5.00. The molecule has 224 valence electrons. The van der Waals surface area contributed by atoms with Crippen LogP contribution in [0.4, 0.5) is 16.2 Å². The minimum Gasteiger partial charge on any atom is -0.449 e. The number of nitrogens with zero attached hydrogens (tertiary/aromatic N) is 7. The van der Waals surface area contributed by atoms with Gasteiger partial charge in [-0.15, -0.1) is 10.2 Å². The normalized spacial score (nSPS) is 11.7. The molecule has 0 aliphatic rings. The number of aromatic amines is 1. The van der Waals surface area contributed by atoms with E-state index in [0.29, 0.717) is 47.2 Å². The lowest BCUT2D eigenvalue weighted by Crippen LogP contribution is -2.40. The van der Waals surface area contributed by atoms with Gasteiger partial charge in [0.15, 0.2) is 5.82 Å². The van der Waals surface area contributed by atoms with E-state index in [4.69, 9.17) is 16.3 Å². The number of hydrogen-bond acceptors (Lipinski definition) is 10. The van der Waals surface area contributed by atoms with Gasteiger partial charge in [-0.25, -0.2) is 9.89 Å². The largest absolute Gasteiger partial charge is 0.449 e. The standard InChI is InChI=1S/C29H28ClN11O3/c30-22-7-12-26(41-19-32-37-40-41)21(17-22)6-13-28(42)33-25(16-20-4-2-1-3-5-20)18-31-23-8-10-24(11-9-23)34-29(43)44-15-14-27-35-38-39-36-27/h1-13,17,19,25,31H,14-16,18H2,(H,33,42)(H,34,43)(H,35,36,38,39). The van der Waals surface area contributed by atoms with E-state index in [9.17, 15) is 9.59 Å². The summed E-state index contributed by atoms with van der Waals surface area (Å²) >= 11 is 6.20. The molecule has 1 unspecified atom stereocenters. The second-order valence-corrected chi connectivity index (χ2v) is 9.94. The molecule has 0 aliphatic carbocycles. The van der Waals surface area contributed by atoms with Crippen LogP contribution < -0.4 is 16.0 Å². The molecular weight excluding hydrogens is 586 g/mol. The molecule has 14 nitrogen and oxygen atoms in total. The van der Waals surface area contributed by atoms with E-state index in [1.54, 1.807) is 36.4 Å². The number of ether oxygens (including phenoxy) is 1. The zero-order valence-corrected chi connectivity index (χ0v) is 24.1. The second kappa shape index (κ2) is 15.0. The molecule has 44 heavy (non-hydrogen) atoms. The van der Waals surface area contributed by atoms with Crippen molar-refractivity contribution in [1.82, 2.24) is 46.1 Å². The summed E-state index contributed by atoms with van der Waals surface area (Å²) in [5, 5.41) is 34.2. The van der Waals surface area contributed by atoms with E-state index in [2.05, 4.69) is 52.1 Å². The highest BCUT2D eigenvalue weighted by Crippen LogP contribution is 2.20. The van der Waals surface area contributed by atoms with E-state index in [1.807, 2.05) is 42.5 Å². The number of carbonyl (C=O) groups is 2. The van der Waals surface area contributed by atoms with Crippen LogP contribution in [0, 0.1) is 0 Å². The van der Waals surface area contributed by atoms with Gasteiger partial charge in [0.25, 0.3) is 0 Å². The zero-order valence-electron chi connectivity index (χ0n) is 23.3. The topological polar surface area (TPSA) is 178 Å². The van der Waals surface area contributed by atoms with E-state index in [0.717, 1.165) is 11.3 Å². The summed E-state index contributed by atoms with van der Waals surface area (Å²) < 4.78 is 6.66. The van der Waals surface area contributed by atoms with Gasteiger partial charge in [0.05, 0.1) is 11.7 Å². The zero-order chi connectivity index (χ0) is 30.6. The fraction of sp³-hybridized carbons (Fsp3) is 0.172. The lowest BCUT2D eigenvalue weighted by molar-refractivity contribution is -0.117. The second-order valence-electron chi connectivity index (χ2n) is 9.50. The van der Waals surface area contributed by atoms with E-state index < -0.39 is 6.09 Å². The van der Waals surface area contributed by atoms with Crippen LogP contribution in [0.1, 0.15) is 17.0 Å². The van der Waals surface area contributed by atoms with Crippen LogP contribution in [0.15, 0.2) is 85.2 Å². The molecule has 0 fully saturated rings. The molecule has 0 spiro atoms. The van der Waals surface area contributed by atoms with E-state index >= 15 is 0 Å². The number of benzene rings is 3. The van der Waals surface area contributed by atoms with Gasteiger partial charge < -0.3 is 15.4 Å². The lowest BCUT2D eigenvalue weighted by atomic mass is 10.1. The van der Waals surface area contributed by atoms with Gasteiger partial charge in [-0.3, -0.25) is 10.1 Å². The Balaban J connectivity index is 1.17. The molecule has 5 rings (SSSR count). The quantitative estimate of drug-likeness (QED) is 0.144. The Bertz CT molecular complexity index is 1660. The average molecular weight is 614 g/mol. The molecule has 2 heterocycles. The van der Waals surface area contributed by atoms with Crippen molar-refractivity contribution in [1.29, 1.82) is 0 Å². The van der Waals surface area contributed by atoms with E-state index in [-0.39, 0.29) is 18.6 Å².